The van der Waals surface area contributed by atoms with Crippen LogP contribution in [0.1, 0.15) is 5.56 Å². The molecule has 3 aromatic rings. The van der Waals surface area contributed by atoms with Crippen LogP contribution in [0.15, 0.2) is 65.7 Å². The first-order valence-corrected chi connectivity index (χ1v) is 6.79. The second kappa shape index (κ2) is 5.67. The van der Waals surface area contributed by atoms with Gasteiger partial charge in [-0.15, -0.1) is 0 Å². The molecule has 0 bridgehead atoms. The number of aryl methyl sites for hydroxylation is 1. The van der Waals surface area contributed by atoms with Crippen LogP contribution in [0.4, 0.5) is 5.69 Å². The first-order valence-electron chi connectivity index (χ1n) is 6.79. The van der Waals surface area contributed by atoms with Gasteiger partial charge >= 0.3 is 0 Å². The van der Waals surface area contributed by atoms with Crippen molar-refractivity contribution in [2.24, 2.45) is 12.0 Å². The second-order valence-corrected chi connectivity index (χ2v) is 4.79. The number of aromatic nitrogens is 1. The van der Waals surface area contributed by atoms with E-state index >= 15 is 0 Å². The highest BCUT2D eigenvalue weighted by molar-refractivity contribution is 5.95. The van der Waals surface area contributed by atoms with Crippen molar-refractivity contribution in [1.82, 2.24) is 4.57 Å². The molecule has 3 nitrogen and oxygen atoms in total. The van der Waals surface area contributed by atoms with Gasteiger partial charge in [0.25, 0.3) is 0 Å². The molecule has 0 atom stereocenters. The van der Waals surface area contributed by atoms with Crippen molar-refractivity contribution in [2.75, 3.05) is 0 Å². The van der Waals surface area contributed by atoms with Gasteiger partial charge in [0, 0.05) is 24.2 Å². The highest BCUT2D eigenvalue weighted by Gasteiger charge is 2.10. The number of aliphatic imine (C=N–C) groups is 1. The van der Waals surface area contributed by atoms with Gasteiger partial charge in [-0.1, -0.05) is 36.4 Å². The van der Waals surface area contributed by atoms with Gasteiger partial charge in [0.15, 0.2) is 5.88 Å². The number of hydrogen-bond acceptors (Lipinski definition) is 2. The summed E-state index contributed by atoms with van der Waals surface area (Å²) >= 11 is 0. The van der Waals surface area contributed by atoms with Crippen molar-refractivity contribution in [3.05, 3.63) is 66.2 Å². The number of para-hydroxylation sites is 2. The van der Waals surface area contributed by atoms with Gasteiger partial charge in [0.05, 0.1) is 11.2 Å². The van der Waals surface area contributed by atoms with Crippen molar-refractivity contribution >= 4 is 28.9 Å². The Labute approximate surface area is 123 Å². The third-order valence-electron chi connectivity index (χ3n) is 3.44. The van der Waals surface area contributed by atoms with Crippen LogP contribution in [0.25, 0.3) is 17.0 Å². The average Bonchev–Trinajstić information content (AvgIpc) is 2.77. The molecule has 0 aliphatic rings. The second-order valence-electron chi connectivity index (χ2n) is 4.79. The molecule has 1 aromatic heterocycles. The molecule has 3 rings (SSSR count). The van der Waals surface area contributed by atoms with E-state index in [-0.39, 0.29) is 5.88 Å². The quantitative estimate of drug-likeness (QED) is 0.711. The number of hydrogen-bond donors (Lipinski definition) is 1. The molecule has 1 heterocycles. The fourth-order valence-corrected chi connectivity index (χ4v) is 2.36. The number of nitrogens with zero attached hydrogens (tertiary/aromatic N) is 2. The largest absolute Gasteiger partial charge is 0.494 e. The first kappa shape index (κ1) is 13.2. The third kappa shape index (κ3) is 2.58. The molecular weight excluding hydrogens is 260 g/mol. The van der Waals surface area contributed by atoms with Crippen LogP contribution in [-0.2, 0) is 7.05 Å². The van der Waals surface area contributed by atoms with Crippen molar-refractivity contribution < 1.29 is 5.11 Å². The summed E-state index contributed by atoms with van der Waals surface area (Å²) in [5.41, 5.74) is 2.73. The molecule has 2 aromatic carbocycles. The molecule has 0 spiro atoms. The summed E-state index contributed by atoms with van der Waals surface area (Å²) < 4.78 is 1.78. The Morgan fingerprint density at radius 2 is 1.71 bits per heavy atom. The van der Waals surface area contributed by atoms with Gasteiger partial charge in [0.1, 0.15) is 0 Å². The SMILES string of the molecule is Cn1c(O)c(/C=C/C=Nc2ccccc2)c2ccccc21. The topological polar surface area (TPSA) is 37.5 Å². The van der Waals surface area contributed by atoms with Gasteiger partial charge in [-0.2, -0.15) is 0 Å². The monoisotopic (exact) mass is 276 g/mol. The summed E-state index contributed by atoms with van der Waals surface area (Å²) in [4.78, 5) is 4.34. The lowest BCUT2D eigenvalue weighted by Gasteiger charge is -1.95. The first-order chi connectivity index (χ1) is 10.3. The molecule has 0 unspecified atom stereocenters. The molecule has 104 valence electrons. The Kier molecular flexibility index (Phi) is 3.56. The summed E-state index contributed by atoms with van der Waals surface area (Å²) in [6.45, 7) is 0. The van der Waals surface area contributed by atoms with Gasteiger partial charge in [0.2, 0.25) is 0 Å². The van der Waals surface area contributed by atoms with Crippen LogP contribution < -0.4 is 0 Å². The highest BCUT2D eigenvalue weighted by Crippen LogP contribution is 2.30. The van der Waals surface area contributed by atoms with Crippen molar-refractivity contribution in [2.45, 2.75) is 0 Å². The Morgan fingerprint density at radius 1 is 1.00 bits per heavy atom. The summed E-state index contributed by atoms with van der Waals surface area (Å²) in [6.07, 6.45) is 5.45. The molecule has 1 N–H and O–H groups in total. The summed E-state index contributed by atoms with van der Waals surface area (Å²) in [5, 5.41) is 11.2. The van der Waals surface area contributed by atoms with E-state index in [9.17, 15) is 5.11 Å². The highest BCUT2D eigenvalue weighted by atomic mass is 16.3. The fourth-order valence-electron chi connectivity index (χ4n) is 2.36. The van der Waals surface area contributed by atoms with Crippen LogP contribution in [0.3, 0.4) is 0 Å². The van der Waals surface area contributed by atoms with Crippen molar-refractivity contribution in [1.29, 1.82) is 0 Å². The van der Waals surface area contributed by atoms with Gasteiger partial charge in [-0.25, -0.2) is 0 Å². The number of benzene rings is 2. The molecule has 0 aliphatic heterocycles. The van der Waals surface area contributed by atoms with E-state index in [2.05, 4.69) is 4.99 Å². The number of allylic oxidation sites excluding steroid dienone is 1. The van der Waals surface area contributed by atoms with Gasteiger partial charge in [-0.05, 0) is 30.4 Å². The zero-order chi connectivity index (χ0) is 14.7. The smallest absolute Gasteiger partial charge is 0.199 e. The molecule has 0 saturated carbocycles. The Balaban J connectivity index is 1.90. The van der Waals surface area contributed by atoms with E-state index in [0.29, 0.717) is 0 Å². The van der Waals surface area contributed by atoms with Crippen LogP contribution in [0, 0.1) is 0 Å². The van der Waals surface area contributed by atoms with E-state index in [1.807, 2.05) is 73.8 Å². The lowest BCUT2D eigenvalue weighted by molar-refractivity contribution is 0.434. The zero-order valence-corrected chi connectivity index (χ0v) is 11.8. The van der Waals surface area contributed by atoms with Crippen molar-refractivity contribution in [3.63, 3.8) is 0 Å². The Hall–Kier alpha value is -2.81. The molecule has 0 amide bonds. The van der Waals surface area contributed by atoms with Gasteiger partial charge < -0.3 is 9.67 Å². The normalized spacial score (nSPS) is 11.9. The van der Waals surface area contributed by atoms with E-state index in [4.69, 9.17) is 0 Å². The zero-order valence-electron chi connectivity index (χ0n) is 11.8. The molecule has 0 aliphatic carbocycles. The summed E-state index contributed by atoms with van der Waals surface area (Å²) in [5.74, 6) is 0.264. The predicted octanol–water partition coefficient (Wildman–Crippen LogP) is 4.30. The van der Waals surface area contributed by atoms with E-state index < -0.39 is 0 Å². The maximum atomic E-state index is 10.2. The lowest BCUT2D eigenvalue weighted by Crippen LogP contribution is -1.84. The number of aromatic hydroxyl groups is 1. The molecule has 0 saturated heterocycles. The van der Waals surface area contributed by atoms with Crippen LogP contribution >= 0.6 is 0 Å². The molecular formula is C18H16N2O. The summed E-state index contributed by atoms with van der Waals surface area (Å²) in [6, 6.07) is 17.7. The Morgan fingerprint density at radius 3 is 2.52 bits per heavy atom. The minimum atomic E-state index is 0.264. The minimum absolute atomic E-state index is 0.264. The van der Waals surface area contributed by atoms with Crippen LogP contribution in [0.5, 0.6) is 5.88 Å². The maximum Gasteiger partial charge on any atom is 0.199 e. The maximum absolute atomic E-state index is 10.2. The lowest BCUT2D eigenvalue weighted by atomic mass is 10.1. The number of fused-ring (bicyclic) bond motifs is 1. The fraction of sp³-hybridized carbons (Fsp3) is 0.0556. The van der Waals surface area contributed by atoms with E-state index in [0.717, 1.165) is 22.2 Å². The summed E-state index contributed by atoms with van der Waals surface area (Å²) in [7, 11) is 1.85. The average molecular weight is 276 g/mol. The van der Waals surface area contributed by atoms with Crippen LogP contribution in [0.2, 0.25) is 0 Å². The minimum Gasteiger partial charge on any atom is -0.494 e. The third-order valence-corrected chi connectivity index (χ3v) is 3.44. The molecule has 3 heteroatoms. The molecule has 0 fully saturated rings. The van der Waals surface area contributed by atoms with E-state index in [1.165, 1.54) is 0 Å². The van der Waals surface area contributed by atoms with Crippen molar-refractivity contribution in [3.8, 4) is 5.88 Å². The molecule has 21 heavy (non-hydrogen) atoms. The number of rotatable bonds is 3. The Bertz CT molecular complexity index is 814. The van der Waals surface area contributed by atoms with Gasteiger partial charge in [-0.3, -0.25) is 4.99 Å². The molecule has 0 radical (unpaired) electrons. The van der Waals surface area contributed by atoms with E-state index in [1.54, 1.807) is 10.8 Å². The standard InChI is InChI=1S/C18H16N2O/c1-20-17-12-6-5-10-15(17)16(18(20)21)11-7-13-19-14-8-3-2-4-9-14/h2-13,21H,1H3/b11-7+,19-13?. The predicted molar refractivity (Wildman–Crippen MR) is 88.2 cm³/mol. The van der Waals surface area contributed by atoms with Crippen LogP contribution in [-0.4, -0.2) is 15.9 Å².